The fraction of sp³-hybridized carbons (Fsp3) is 0.294. The number of aliphatic hydroxyl groups is 1. The maximum Gasteiger partial charge on any atom is 0.416 e. The summed E-state index contributed by atoms with van der Waals surface area (Å²) in [5, 5.41) is 10.0. The topological polar surface area (TPSA) is 20.2 Å². The lowest BCUT2D eigenvalue weighted by atomic mass is 10.00. The molecule has 0 heterocycles. The van der Waals surface area contributed by atoms with Crippen molar-refractivity contribution in [3.8, 4) is 0 Å². The van der Waals surface area contributed by atoms with Crippen molar-refractivity contribution in [1.29, 1.82) is 0 Å². The number of hydrogen-bond acceptors (Lipinski definition) is 1. The molecular weight excluding hydrogens is 277 g/mol. The lowest BCUT2D eigenvalue weighted by molar-refractivity contribution is -0.137. The van der Waals surface area contributed by atoms with Crippen LogP contribution in [-0.2, 0) is 12.6 Å². The third kappa shape index (κ3) is 4.60. The van der Waals surface area contributed by atoms with Gasteiger partial charge >= 0.3 is 6.18 Å². The highest BCUT2D eigenvalue weighted by molar-refractivity contribution is 5.27. The van der Waals surface area contributed by atoms with E-state index in [0.29, 0.717) is 12.0 Å². The van der Waals surface area contributed by atoms with E-state index in [1.165, 1.54) is 12.1 Å². The highest BCUT2D eigenvalue weighted by Gasteiger charge is 2.30. The standard InChI is InChI=1S/C17H17F3O/c18-17(19,20)15-10-5-9-14(12-15)16(21)11-4-8-13-6-2-1-3-7-13/h1-3,5-7,9-10,12,16,21H,4,8,11H2. The number of aliphatic hydroxyl groups excluding tert-OH is 1. The lowest BCUT2D eigenvalue weighted by Crippen LogP contribution is -2.07. The van der Waals surface area contributed by atoms with Crippen molar-refractivity contribution in [3.05, 3.63) is 71.3 Å². The molecule has 0 aliphatic carbocycles. The molecule has 2 aromatic carbocycles. The average molecular weight is 294 g/mol. The summed E-state index contributed by atoms with van der Waals surface area (Å²) in [6.45, 7) is 0. The van der Waals surface area contributed by atoms with Crippen LogP contribution in [0.25, 0.3) is 0 Å². The normalized spacial score (nSPS) is 13.1. The van der Waals surface area contributed by atoms with Gasteiger partial charge in [0.2, 0.25) is 0 Å². The van der Waals surface area contributed by atoms with E-state index in [9.17, 15) is 18.3 Å². The van der Waals surface area contributed by atoms with Crippen LogP contribution in [0.5, 0.6) is 0 Å². The van der Waals surface area contributed by atoms with Gasteiger partial charge in [0.25, 0.3) is 0 Å². The molecule has 1 unspecified atom stereocenters. The molecular formula is C17H17F3O. The zero-order valence-electron chi connectivity index (χ0n) is 11.5. The van der Waals surface area contributed by atoms with Gasteiger partial charge in [-0.3, -0.25) is 0 Å². The number of halogens is 3. The van der Waals surface area contributed by atoms with E-state index in [2.05, 4.69) is 0 Å². The van der Waals surface area contributed by atoms with E-state index in [-0.39, 0.29) is 0 Å². The molecule has 0 aromatic heterocycles. The second kappa shape index (κ2) is 6.76. The van der Waals surface area contributed by atoms with Crippen LogP contribution in [0, 0.1) is 0 Å². The Kier molecular flexibility index (Phi) is 5.02. The van der Waals surface area contributed by atoms with Gasteiger partial charge in [-0.25, -0.2) is 0 Å². The molecule has 0 radical (unpaired) electrons. The van der Waals surface area contributed by atoms with Gasteiger partial charge in [-0.1, -0.05) is 42.5 Å². The van der Waals surface area contributed by atoms with Crippen LogP contribution < -0.4 is 0 Å². The van der Waals surface area contributed by atoms with Crippen molar-refractivity contribution < 1.29 is 18.3 Å². The Morgan fingerprint density at radius 3 is 2.33 bits per heavy atom. The largest absolute Gasteiger partial charge is 0.416 e. The van der Waals surface area contributed by atoms with Crippen LogP contribution in [-0.4, -0.2) is 5.11 Å². The Hall–Kier alpha value is -1.81. The average Bonchev–Trinajstić information content (AvgIpc) is 2.47. The summed E-state index contributed by atoms with van der Waals surface area (Å²) < 4.78 is 37.9. The summed E-state index contributed by atoms with van der Waals surface area (Å²) in [5.41, 5.74) is 0.758. The van der Waals surface area contributed by atoms with E-state index >= 15 is 0 Å². The second-order valence-electron chi connectivity index (χ2n) is 5.02. The summed E-state index contributed by atoms with van der Waals surface area (Å²) >= 11 is 0. The Bertz CT molecular complexity index is 564. The molecule has 0 fully saturated rings. The summed E-state index contributed by atoms with van der Waals surface area (Å²) in [4.78, 5) is 0. The molecule has 4 heteroatoms. The molecule has 21 heavy (non-hydrogen) atoms. The van der Waals surface area contributed by atoms with Crippen molar-refractivity contribution in [3.63, 3.8) is 0 Å². The van der Waals surface area contributed by atoms with Crippen molar-refractivity contribution in [1.82, 2.24) is 0 Å². The lowest BCUT2D eigenvalue weighted by Gasteiger charge is -2.13. The molecule has 2 aromatic rings. The molecule has 1 nitrogen and oxygen atoms in total. The summed E-state index contributed by atoms with van der Waals surface area (Å²) in [6.07, 6.45) is -3.27. The Morgan fingerprint density at radius 1 is 0.952 bits per heavy atom. The first kappa shape index (κ1) is 15.6. The maximum absolute atomic E-state index is 12.6. The molecule has 112 valence electrons. The Labute approximate surface area is 122 Å². The number of rotatable bonds is 5. The van der Waals surface area contributed by atoms with Crippen LogP contribution >= 0.6 is 0 Å². The molecule has 0 amide bonds. The summed E-state index contributed by atoms with van der Waals surface area (Å²) in [7, 11) is 0. The fourth-order valence-electron chi connectivity index (χ4n) is 2.23. The molecule has 2 rings (SSSR count). The van der Waals surface area contributed by atoms with E-state index in [1.807, 2.05) is 30.3 Å². The predicted molar refractivity (Wildman–Crippen MR) is 75.8 cm³/mol. The molecule has 1 N–H and O–H groups in total. The van der Waals surface area contributed by atoms with Crippen molar-refractivity contribution in [2.24, 2.45) is 0 Å². The molecule has 0 saturated carbocycles. The minimum absolute atomic E-state index is 0.317. The maximum atomic E-state index is 12.6. The Balaban J connectivity index is 1.93. The van der Waals surface area contributed by atoms with Gasteiger partial charge in [-0.2, -0.15) is 13.2 Å². The van der Waals surface area contributed by atoms with Gasteiger partial charge in [0.15, 0.2) is 0 Å². The molecule has 0 spiro atoms. The molecule has 0 aliphatic heterocycles. The van der Waals surface area contributed by atoms with Crippen LogP contribution in [0.2, 0.25) is 0 Å². The minimum Gasteiger partial charge on any atom is -0.388 e. The first-order chi connectivity index (χ1) is 9.97. The van der Waals surface area contributed by atoms with E-state index < -0.39 is 17.8 Å². The van der Waals surface area contributed by atoms with Crippen LogP contribution in [0.15, 0.2) is 54.6 Å². The quantitative estimate of drug-likeness (QED) is 0.842. The van der Waals surface area contributed by atoms with E-state index in [1.54, 1.807) is 0 Å². The first-order valence-electron chi connectivity index (χ1n) is 6.86. The van der Waals surface area contributed by atoms with Crippen LogP contribution in [0.4, 0.5) is 13.2 Å². The highest BCUT2D eigenvalue weighted by atomic mass is 19.4. The molecule has 0 aliphatic rings. The van der Waals surface area contributed by atoms with Gasteiger partial charge in [-0.05, 0) is 42.5 Å². The van der Waals surface area contributed by atoms with Crippen LogP contribution in [0.1, 0.15) is 35.6 Å². The number of alkyl halides is 3. The van der Waals surface area contributed by atoms with E-state index in [0.717, 1.165) is 30.5 Å². The zero-order valence-corrected chi connectivity index (χ0v) is 11.5. The number of benzene rings is 2. The summed E-state index contributed by atoms with van der Waals surface area (Å²) in [6, 6.07) is 14.7. The van der Waals surface area contributed by atoms with Crippen molar-refractivity contribution in [2.45, 2.75) is 31.5 Å². The zero-order chi connectivity index (χ0) is 15.3. The van der Waals surface area contributed by atoms with Crippen molar-refractivity contribution in [2.75, 3.05) is 0 Å². The Morgan fingerprint density at radius 2 is 1.67 bits per heavy atom. The molecule has 0 saturated heterocycles. The van der Waals surface area contributed by atoms with Gasteiger partial charge in [0.05, 0.1) is 11.7 Å². The second-order valence-corrected chi connectivity index (χ2v) is 5.02. The molecule has 0 bridgehead atoms. The monoisotopic (exact) mass is 294 g/mol. The predicted octanol–water partition coefficient (Wildman–Crippen LogP) is 4.76. The third-order valence-corrected chi connectivity index (χ3v) is 3.38. The SMILES string of the molecule is OC(CCCc1ccccc1)c1cccc(C(F)(F)F)c1. The van der Waals surface area contributed by atoms with Crippen molar-refractivity contribution >= 4 is 0 Å². The van der Waals surface area contributed by atoms with Gasteiger partial charge in [0.1, 0.15) is 0 Å². The highest BCUT2D eigenvalue weighted by Crippen LogP contribution is 2.31. The smallest absolute Gasteiger partial charge is 0.388 e. The number of hydrogen-bond donors (Lipinski definition) is 1. The minimum atomic E-state index is -4.38. The van der Waals surface area contributed by atoms with E-state index in [4.69, 9.17) is 0 Å². The molecule has 1 atom stereocenters. The number of aryl methyl sites for hydroxylation is 1. The third-order valence-electron chi connectivity index (χ3n) is 3.38. The summed E-state index contributed by atoms with van der Waals surface area (Å²) in [5.74, 6) is 0. The van der Waals surface area contributed by atoms with Gasteiger partial charge in [0, 0.05) is 0 Å². The fourth-order valence-corrected chi connectivity index (χ4v) is 2.23. The van der Waals surface area contributed by atoms with Crippen LogP contribution in [0.3, 0.4) is 0 Å². The van der Waals surface area contributed by atoms with Gasteiger partial charge in [-0.15, -0.1) is 0 Å². The van der Waals surface area contributed by atoms with Gasteiger partial charge < -0.3 is 5.11 Å². The first-order valence-corrected chi connectivity index (χ1v) is 6.86.